The number of esters is 2. The average molecular weight is 562 g/mol. The topological polar surface area (TPSA) is 168 Å². The van der Waals surface area contributed by atoms with E-state index in [2.05, 4.69) is 10.1 Å². The zero-order valence-corrected chi connectivity index (χ0v) is 21.8. The third-order valence-corrected chi connectivity index (χ3v) is 5.63. The molecule has 1 aliphatic heterocycles. The summed E-state index contributed by atoms with van der Waals surface area (Å²) in [6, 6.07) is 12.4. The van der Waals surface area contributed by atoms with E-state index in [0.29, 0.717) is 11.1 Å². The van der Waals surface area contributed by atoms with Gasteiger partial charge in [-0.3, -0.25) is 19.8 Å². The summed E-state index contributed by atoms with van der Waals surface area (Å²) in [5.74, 6) is -1.52. The highest BCUT2D eigenvalue weighted by Crippen LogP contribution is 2.30. The van der Waals surface area contributed by atoms with Crippen LogP contribution in [0.5, 0.6) is 11.5 Å². The number of rotatable bonds is 10. The number of nitro groups is 1. The molecule has 0 atom stereocenters. The van der Waals surface area contributed by atoms with Crippen LogP contribution in [-0.4, -0.2) is 47.4 Å². The molecule has 1 saturated heterocycles. The number of amides is 3. The molecule has 1 fully saturated rings. The van der Waals surface area contributed by atoms with Crippen molar-refractivity contribution in [3.05, 3.63) is 99.1 Å². The number of furan rings is 1. The van der Waals surface area contributed by atoms with Gasteiger partial charge in [0.25, 0.3) is 11.6 Å². The number of nitro benzene ring substituents is 1. The van der Waals surface area contributed by atoms with E-state index < -0.39 is 28.8 Å². The van der Waals surface area contributed by atoms with E-state index >= 15 is 0 Å². The fourth-order valence-corrected chi connectivity index (χ4v) is 3.69. The molecule has 0 spiro atoms. The number of nitrogens with zero attached hydrogens (tertiary/aromatic N) is 2. The van der Waals surface area contributed by atoms with Gasteiger partial charge < -0.3 is 23.9 Å². The van der Waals surface area contributed by atoms with Gasteiger partial charge in [-0.05, 0) is 66.6 Å². The Hall–Kier alpha value is -5.72. The lowest BCUT2D eigenvalue weighted by Gasteiger charge is -2.11. The summed E-state index contributed by atoms with van der Waals surface area (Å²) in [5, 5.41) is 13.3. The molecule has 3 aromatic rings. The van der Waals surface area contributed by atoms with Crippen molar-refractivity contribution in [2.24, 2.45) is 0 Å². The van der Waals surface area contributed by atoms with Crippen LogP contribution in [0.4, 0.5) is 10.5 Å². The second kappa shape index (κ2) is 12.4. The van der Waals surface area contributed by atoms with E-state index in [1.54, 1.807) is 13.0 Å². The van der Waals surface area contributed by atoms with Gasteiger partial charge in [0, 0.05) is 18.2 Å². The maximum absolute atomic E-state index is 12.9. The second-order valence-corrected chi connectivity index (χ2v) is 8.38. The number of ether oxygens (including phenoxy) is 3. The van der Waals surface area contributed by atoms with Gasteiger partial charge in [0.1, 0.15) is 11.5 Å². The van der Waals surface area contributed by atoms with Crippen molar-refractivity contribution in [3.63, 3.8) is 0 Å². The first-order chi connectivity index (χ1) is 19.7. The number of nitrogens with one attached hydrogen (secondary N) is 1. The zero-order valence-electron chi connectivity index (χ0n) is 21.8. The van der Waals surface area contributed by atoms with E-state index in [9.17, 15) is 29.3 Å². The molecule has 13 heteroatoms. The van der Waals surface area contributed by atoms with Crippen molar-refractivity contribution in [1.82, 2.24) is 10.2 Å². The first-order valence-electron chi connectivity index (χ1n) is 12.1. The summed E-state index contributed by atoms with van der Waals surface area (Å²) >= 11 is 0. The van der Waals surface area contributed by atoms with E-state index in [4.69, 9.17) is 13.9 Å². The summed E-state index contributed by atoms with van der Waals surface area (Å²) in [4.78, 5) is 60.5. The molecule has 4 rings (SSSR count). The van der Waals surface area contributed by atoms with E-state index in [1.807, 2.05) is 0 Å². The minimum absolute atomic E-state index is 0.00651. The number of non-ortho nitro benzene ring substituents is 1. The standard InChI is InChI=1S/C28H23N3O10/c1-3-39-24-15-18(6-11-22(24)41-25(32)13-7-17-4-8-19(9-5-17)31(36)37)14-21-26(33)30(28(35)29-21)16-20-10-12-23(40-20)27(34)38-2/h4-15H,3,16H2,1-2H3,(H,29,35)/b13-7+,21-14-. The molecule has 13 nitrogen and oxygen atoms in total. The monoisotopic (exact) mass is 561 g/mol. The Morgan fingerprint density at radius 1 is 1.05 bits per heavy atom. The Bertz CT molecular complexity index is 1570. The molecule has 0 unspecified atom stereocenters. The number of urea groups is 1. The molecular formula is C28H23N3O10. The van der Waals surface area contributed by atoms with Crippen LogP contribution in [0.3, 0.4) is 0 Å². The van der Waals surface area contributed by atoms with Gasteiger partial charge in [-0.15, -0.1) is 0 Å². The summed E-state index contributed by atoms with van der Waals surface area (Å²) in [5.41, 5.74) is 0.964. The number of hydrogen-bond acceptors (Lipinski definition) is 10. The number of methoxy groups -OCH3 is 1. The Morgan fingerprint density at radius 2 is 1.78 bits per heavy atom. The molecule has 0 aliphatic carbocycles. The first kappa shape index (κ1) is 28.3. The Kier molecular flexibility index (Phi) is 8.57. The Morgan fingerprint density at radius 3 is 2.46 bits per heavy atom. The van der Waals surface area contributed by atoms with Crippen molar-refractivity contribution in [1.29, 1.82) is 0 Å². The van der Waals surface area contributed by atoms with Crippen molar-refractivity contribution >= 4 is 41.7 Å². The SMILES string of the molecule is CCOc1cc(/C=C2\NC(=O)N(Cc3ccc(C(=O)OC)o3)C2=O)ccc1OC(=O)/C=C/c1ccc([N+](=O)[O-])cc1. The number of imide groups is 1. The van der Waals surface area contributed by atoms with Crippen LogP contribution in [-0.2, 0) is 20.9 Å². The van der Waals surface area contributed by atoms with Gasteiger partial charge in [-0.1, -0.05) is 6.07 Å². The van der Waals surface area contributed by atoms with Crippen molar-refractivity contribution < 1.29 is 42.7 Å². The quantitative estimate of drug-likeness (QED) is 0.0951. The van der Waals surface area contributed by atoms with Crippen LogP contribution < -0.4 is 14.8 Å². The van der Waals surface area contributed by atoms with Gasteiger partial charge in [0.2, 0.25) is 5.76 Å². The summed E-state index contributed by atoms with van der Waals surface area (Å²) in [6.07, 6.45) is 4.05. The number of benzene rings is 2. The van der Waals surface area contributed by atoms with Gasteiger partial charge in [-0.2, -0.15) is 0 Å². The van der Waals surface area contributed by atoms with Gasteiger partial charge in [0.15, 0.2) is 11.5 Å². The molecule has 2 aromatic carbocycles. The van der Waals surface area contributed by atoms with Crippen LogP contribution in [0.15, 0.2) is 70.8 Å². The third kappa shape index (κ3) is 6.84. The number of carbonyl (C=O) groups is 4. The lowest BCUT2D eigenvalue weighted by atomic mass is 10.1. The minimum Gasteiger partial charge on any atom is -0.490 e. The smallest absolute Gasteiger partial charge is 0.373 e. The molecule has 0 saturated carbocycles. The van der Waals surface area contributed by atoms with Crippen LogP contribution in [0.1, 0.15) is 34.4 Å². The summed E-state index contributed by atoms with van der Waals surface area (Å²) in [7, 11) is 1.20. The predicted octanol–water partition coefficient (Wildman–Crippen LogP) is 4.08. The van der Waals surface area contributed by atoms with Crippen LogP contribution in [0.25, 0.3) is 12.2 Å². The molecule has 210 valence electrons. The second-order valence-electron chi connectivity index (χ2n) is 8.38. The highest BCUT2D eigenvalue weighted by Gasteiger charge is 2.34. The van der Waals surface area contributed by atoms with Crippen LogP contribution in [0, 0.1) is 10.1 Å². The normalized spacial score (nSPS) is 13.9. The molecule has 41 heavy (non-hydrogen) atoms. The largest absolute Gasteiger partial charge is 0.490 e. The summed E-state index contributed by atoms with van der Waals surface area (Å²) in [6.45, 7) is 1.79. The minimum atomic E-state index is -0.711. The highest BCUT2D eigenvalue weighted by atomic mass is 16.6. The average Bonchev–Trinajstić information content (AvgIpc) is 3.53. The van der Waals surface area contributed by atoms with Crippen molar-refractivity contribution in [2.75, 3.05) is 13.7 Å². The third-order valence-electron chi connectivity index (χ3n) is 5.63. The maximum atomic E-state index is 12.9. The Balaban J connectivity index is 1.45. The van der Waals surface area contributed by atoms with Gasteiger partial charge in [0.05, 0.1) is 25.2 Å². The van der Waals surface area contributed by atoms with Crippen molar-refractivity contribution in [3.8, 4) is 11.5 Å². The molecule has 1 aromatic heterocycles. The first-order valence-corrected chi connectivity index (χ1v) is 12.1. The number of hydrogen-bond donors (Lipinski definition) is 1. The molecule has 1 N–H and O–H groups in total. The van der Waals surface area contributed by atoms with E-state index in [0.717, 1.165) is 4.90 Å². The van der Waals surface area contributed by atoms with Crippen LogP contribution >= 0.6 is 0 Å². The van der Waals surface area contributed by atoms with Crippen LogP contribution in [0.2, 0.25) is 0 Å². The molecule has 1 aliphatic rings. The fraction of sp³-hybridized carbons (Fsp3) is 0.143. The number of carbonyl (C=O) groups excluding carboxylic acids is 4. The highest BCUT2D eigenvalue weighted by molar-refractivity contribution is 6.13. The molecule has 3 amide bonds. The molecule has 0 radical (unpaired) electrons. The molecular weight excluding hydrogens is 538 g/mol. The lowest BCUT2D eigenvalue weighted by Crippen LogP contribution is -2.30. The zero-order chi connectivity index (χ0) is 29.5. The van der Waals surface area contributed by atoms with Gasteiger partial charge >= 0.3 is 18.0 Å². The maximum Gasteiger partial charge on any atom is 0.373 e. The predicted molar refractivity (Wildman–Crippen MR) is 142 cm³/mol. The Labute approximate surface area is 232 Å². The molecule has 2 heterocycles. The summed E-state index contributed by atoms with van der Waals surface area (Å²) < 4.78 is 20.9. The van der Waals surface area contributed by atoms with E-state index in [1.165, 1.54) is 73.9 Å². The fourth-order valence-electron chi connectivity index (χ4n) is 3.69. The molecule has 0 bridgehead atoms. The van der Waals surface area contributed by atoms with Crippen molar-refractivity contribution in [2.45, 2.75) is 13.5 Å². The lowest BCUT2D eigenvalue weighted by molar-refractivity contribution is -0.384. The van der Waals surface area contributed by atoms with E-state index in [-0.39, 0.29) is 47.6 Å². The van der Waals surface area contributed by atoms with Gasteiger partial charge in [-0.25, -0.2) is 14.4 Å².